The van der Waals surface area contributed by atoms with Crippen LogP contribution in [0.2, 0.25) is 0 Å². The number of nitrogens with one attached hydrogen (secondary N) is 1. The van der Waals surface area contributed by atoms with Gasteiger partial charge < -0.3 is 10.1 Å². The second-order valence-corrected chi connectivity index (χ2v) is 4.64. The molecule has 0 aliphatic heterocycles. The van der Waals surface area contributed by atoms with Gasteiger partial charge in [0.25, 0.3) is 5.92 Å². The van der Waals surface area contributed by atoms with E-state index < -0.39 is 12.5 Å². The first kappa shape index (κ1) is 16.1. The van der Waals surface area contributed by atoms with Gasteiger partial charge >= 0.3 is 0 Å². The topological polar surface area (TPSA) is 21.3 Å². The fraction of sp³-hybridized carbons (Fsp3) is 0.600. The van der Waals surface area contributed by atoms with Gasteiger partial charge in [-0.05, 0) is 26.4 Å². The zero-order valence-electron chi connectivity index (χ0n) is 11.5. The Balaban J connectivity index is 2.12. The van der Waals surface area contributed by atoms with Crippen LogP contribution in [0.25, 0.3) is 0 Å². The fourth-order valence-corrected chi connectivity index (χ4v) is 1.83. The number of hydrogen-bond donors (Lipinski definition) is 1. The Morgan fingerprint density at radius 1 is 1.05 bits per heavy atom. The average molecular weight is 271 g/mol. The SMILES string of the molecule is CNCCCCCCOCC(F)(F)c1ccccc1. The Morgan fingerprint density at radius 3 is 2.42 bits per heavy atom. The van der Waals surface area contributed by atoms with E-state index in [1.165, 1.54) is 12.1 Å². The van der Waals surface area contributed by atoms with E-state index in [-0.39, 0.29) is 5.56 Å². The molecule has 0 saturated carbocycles. The Bertz CT molecular complexity index is 330. The van der Waals surface area contributed by atoms with Gasteiger partial charge in [-0.1, -0.05) is 43.2 Å². The molecule has 4 heteroatoms. The molecule has 1 rings (SSSR count). The van der Waals surface area contributed by atoms with Crippen molar-refractivity contribution in [2.45, 2.75) is 31.6 Å². The summed E-state index contributed by atoms with van der Waals surface area (Å²) in [5.41, 5.74) is 0.0176. The molecule has 0 heterocycles. The van der Waals surface area contributed by atoms with Gasteiger partial charge in [0.05, 0.1) is 0 Å². The molecule has 0 aliphatic rings. The molecule has 0 radical (unpaired) electrons. The second kappa shape index (κ2) is 8.99. The zero-order chi connectivity index (χ0) is 14.0. The van der Waals surface area contributed by atoms with E-state index in [1.807, 2.05) is 7.05 Å². The van der Waals surface area contributed by atoms with Gasteiger partial charge in [0.1, 0.15) is 6.61 Å². The lowest BCUT2D eigenvalue weighted by Gasteiger charge is -2.16. The van der Waals surface area contributed by atoms with Gasteiger partial charge in [0, 0.05) is 12.2 Å². The van der Waals surface area contributed by atoms with Crippen molar-refractivity contribution in [2.24, 2.45) is 0 Å². The van der Waals surface area contributed by atoms with E-state index >= 15 is 0 Å². The lowest BCUT2D eigenvalue weighted by Crippen LogP contribution is -2.21. The molecule has 0 aromatic heterocycles. The van der Waals surface area contributed by atoms with Crippen LogP contribution in [0.1, 0.15) is 31.2 Å². The number of benzene rings is 1. The minimum atomic E-state index is -2.90. The van der Waals surface area contributed by atoms with E-state index in [9.17, 15) is 8.78 Å². The summed E-state index contributed by atoms with van der Waals surface area (Å²) in [7, 11) is 1.93. The van der Waals surface area contributed by atoms with Crippen LogP contribution in [0.5, 0.6) is 0 Å². The predicted molar refractivity (Wildman–Crippen MR) is 73.5 cm³/mol. The summed E-state index contributed by atoms with van der Waals surface area (Å²) in [6.45, 7) is 0.877. The van der Waals surface area contributed by atoms with Gasteiger partial charge in [0.15, 0.2) is 0 Å². The fourth-order valence-electron chi connectivity index (χ4n) is 1.83. The smallest absolute Gasteiger partial charge is 0.296 e. The van der Waals surface area contributed by atoms with E-state index in [0.29, 0.717) is 6.61 Å². The predicted octanol–water partition coefficient (Wildman–Crippen LogP) is 3.57. The summed E-state index contributed by atoms with van der Waals surface area (Å²) in [5, 5.41) is 3.08. The van der Waals surface area contributed by atoms with Crippen LogP contribution in [-0.4, -0.2) is 26.8 Å². The minimum Gasteiger partial charge on any atom is -0.375 e. The second-order valence-electron chi connectivity index (χ2n) is 4.64. The zero-order valence-corrected chi connectivity index (χ0v) is 11.5. The van der Waals surface area contributed by atoms with Crippen molar-refractivity contribution in [2.75, 3.05) is 26.8 Å². The summed E-state index contributed by atoms with van der Waals surface area (Å²) in [4.78, 5) is 0. The minimum absolute atomic E-state index is 0.0176. The molecular weight excluding hydrogens is 248 g/mol. The standard InChI is InChI=1S/C15H23F2NO/c1-18-11-7-2-3-8-12-19-13-15(16,17)14-9-5-4-6-10-14/h4-6,9-10,18H,2-3,7-8,11-13H2,1H3. The van der Waals surface area contributed by atoms with Gasteiger partial charge in [-0.25, -0.2) is 0 Å². The van der Waals surface area contributed by atoms with Crippen molar-refractivity contribution in [1.29, 1.82) is 0 Å². The summed E-state index contributed by atoms with van der Waals surface area (Å²) in [6, 6.07) is 7.82. The lowest BCUT2D eigenvalue weighted by atomic mass is 10.1. The quantitative estimate of drug-likeness (QED) is 0.657. The van der Waals surface area contributed by atoms with Crippen molar-refractivity contribution in [3.8, 4) is 0 Å². The Hall–Kier alpha value is -1.00. The molecule has 0 bridgehead atoms. The molecule has 1 N–H and O–H groups in total. The first-order chi connectivity index (χ1) is 9.17. The number of alkyl halides is 2. The molecule has 0 aliphatic carbocycles. The molecule has 0 amide bonds. The van der Waals surface area contributed by atoms with Crippen LogP contribution in [-0.2, 0) is 10.7 Å². The molecular formula is C15H23F2NO. The maximum Gasteiger partial charge on any atom is 0.296 e. The first-order valence-corrected chi connectivity index (χ1v) is 6.82. The summed E-state index contributed by atoms with van der Waals surface area (Å²) in [6.07, 6.45) is 4.10. The molecule has 0 saturated heterocycles. The lowest BCUT2D eigenvalue weighted by molar-refractivity contribution is -0.0831. The maximum absolute atomic E-state index is 13.7. The third-order valence-corrected chi connectivity index (χ3v) is 2.94. The van der Waals surface area contributed by atoms with Gasteiger partial charge in [-0.3, -0.25) is 0 Å². The Kier molecular flexibility index (Phi) is 7.60. The third-order valence-electron chi connectivity index (χ3n) is 2.94. The molecule has 0 fully saturated rings. The van der Waals surface area contributed by atoms with Crippen LogP contribution < -0.4 is 5.32 Å². The Labute approximate surface area is 114 Å². The molecule has 0 spiro atoms. The highest BCUT2D eigenvalue weighted by Gasteiger charge is 2.31. The van der Waals surface area contributed by atoms with E-state index in [4.69, 9.17) is 4.74 Å². The number of hydrogen-bond acceptors (Lipinski definition) is 2. The number of unbranched alkanes of at least 4 members (excludes halogenated alkanes) is 3. The molecule has 19 heavy (non-hydrogen) atoms. The normalized spacial score (nSPS) is 11.7. The van der Waals surface area contributed by atoms with Crippen molar-refractivity contribution >= 4 is 0 Å². The van der Waals surface area contributed by atoms with Gasteiger partial charge in [-0.15, -0.1) is 0 Å². The van der Waals surface area contributed by atoms with Crippen molar-refractivity contribution in [3.63, 3.8) is 0 Å². The van der Waals surface area contributed by atoms with Gasteiger partial charge in [-0.2, -0.15) is 8.78 Å². The maximum atomic E-state index is 13.7. The highest BCUT2D eigenvalue weighted by atomic mass is 19.3. The summed E-state index contributed by atoms with van der Waals surface area (Å²) in [5.74, 6) is -2.90. The highest BCUT2D eigenvalue weighted by Crippen LogP contribution is 2.27. The summed E-state index contributed by atoms with van der Waals surface area (Å²) < 4.78 is 32.5. The van der Waals surface area contributed by atoms with E-state index in [0.717, 1.165) is 32.2 Å². The first-order valence-electron chi connectivity index (χ1n) is 6.82. The van der Waals surface area contributed by atoms with E-state index in [2.05, 4.69) is 5.32 Å². The molecule has 0 unspecified atom stereocenters. The van der Waals surface area contributed by atoms with Crippen LogP contribution in [0, 0.1) is 0 Å². The number of rotatable bonds is 10. The average Bonchev–Trinajstić information content (AvgIpc) is 2.43. The van der Waals surface area contributed by atoms with Gasteiger partial charge in [0.2, 0.25) is 0 Å². The molecule has 2 nitrogen and oxygen atoms in total. The molecule has 1 aromatic carbocycles. The largest absolute Gasteiger partial charge is 0.375 e. The van der Waals surface area contributed by atoms with Crippen LogP contribution >= 0.6 is 0 Å². The third kappa shape index (κ3) is 6.64. The number of ether oxygens (including phenoxy) is 1. The molecule has 1 aromatic rings. The van der Waals surface area contributed by atoms with E-state index in [1.54, 1.807) is 18.2 Å². The molecule has 0 atom stereocenters. The number of halogens is 2. The molecule has 108 valence electrons. The highest BCUT2D eigenvalue weighted by molar-refractivity contribution is 5.19. The van der Waals surface area contributed by atoms with Crippen molar-refractivity contribution < 1.29 is 13.5 Å². The monoisotopic (exact) mass is 271 g/mol. The van der Waals surface area contributed by atoms with Crippen LogP contribution in [0.15, 0.2) is 30.3 Å². The van der Waals surface area contributed by atoms with Crippen molar-refractivity contribution in [3.05, 3.63) is 35.9 Å². The van der Waals surface area contributed by atoms with Crippen LogP contribution in [0.4, 0.5) is 8.78 Å². The van der Waals surface area contributed by atoms with Crippen LogP contribution in [0.3, 0.4) is 0 Å². The summed E-state index contributed by atoms with van der Waals surface area (Å²) >= 11 is 0. The van der Waals surface area contributed by atoms with Crippen molar-refractivity contribution in [1.82, 2.24) is 5.32 Å². The Morgan fingerprint density at radius 2 is 1.74 bits per heavy atom.